The molecule has 17 rings (SSSR count). The Kier molecular flexibility index (Phi) is 12.6. The van der Waals surface area contributed by atoms with E-state index in [1.54, 1.807) is 0 Å². The maximum Gasteiger partial charge on any atom is 0.0739 e. The Morgan fingerprint density at radius 2 is 0.857 bits per heavy atom. The molecule has 0 aliphatic heterocycles. The summed E-state index contributed by atoms with van der Waals surface area (Å²) in [4.78, 5) is 15.4. The molecule has 432 valence electrons. The van der Waals surface area contributed by atoms with Crippen LogP contribution in [0.5, 0.6) is 0 Å². The molecule has 0 spiro atoms. The second kappa shape index (κ2) is 21.5. The van der Waals surface area contributed by atoms with E-state index in [2.05, 4.69) is 353 Å². The molecule has 0 atom stereocenters. The molecule has 15 aromatic rings. The number of fused-ring (bicyclic) bond motifs is 12. The lowest BCUT2D eigenvalue weighted by Crippen LogP contribution is -2.14. The van der Waals surface area contributed by atoms with E-state index in [9.17, 15) is 0 Å². The van der Waals surface area contributed by atoms with Gasteiger partial charge in [0.2, 0.25) is 0 Å². The van der Waals surface area contributed by atoms with Gasteiger partial charge in [0.1, 0.15) is 0 Å². The number of benzene rings is 12. The molecule has 2 aliphatic carbocycles. The van der Waals surface area contributed by atoms with Crippen LogP contribution >= 0.6 is 0 Å². The third-order valence-electron chi connectivity index (χ3n) is 18.7. The molecule has 7 nitrogen and oxygen atoms in total. The van der Waals surface area contributed by atoms with E-state index in [-0.39, 0.29) is 5.41 Å². The molecule has 3 aromatic heterocycles. The summed E-state index contributed by atoms with van der Waals surface area (Å²) in [7, 11) is 1.89. The van der Waals surface area contributed by atoms with Crippen molar-refractivity contribution in [2.24, 2.45) is 9.98 Å². The topological polar surface area (TPSA) is 46.0 Å². The van der Waals surface area contributed by atoms with Crippen LogP contribution in [0.2, 0.25) is 0 Å². The Labute approximate surface area is 528 Å². The zero-order valence-corrected chi connectivity index (χ0v) is 50.7. The fraction of sp³-hybridized carbons (Fsp3) is 0.0476. The fourth-order valence-corrected chi connectivity index (χ4v) is 14.5. The number of para-hydroxylation sites is 7. The highest BCUT2D eigenvalue weighted by molar-refractivity contribution is 6.27. The number of aromatic nitrogens is 3. The van der Waals surface area contributed by atoms with Crippen LogP contribution in [-0.4, -0.2) is 32.7 Å². The zero-order chi connectivity index (χ0) is 60.7. The summed E-state index contributed by atoms with van der Waals surface area (Å²) < 4.78 is 7.23. The van der Waals surface area contributed by atoms with Crippen LogP contribution in [0.3, 0.4) is 0 Å². The number of hydrogen-bond acceptors (Lipinski definition) is 4. The van der Waals surface area contributed by atoms with Crippen LogP contribution in [0.1, 0.15) is 25.0 Å². The molecule has 0 bridgehead atoms. The van der Waals surface area contributed by atoms with Gasteiger partial charge in [0.25, 0.3) is 0 Å². The van der Waals surface area contributed by atoms with E-state index in [0.717, 1.165) is 117 Å². The fourth-order valence-electron chi connectivity index (χ4n) is 14.5. The van der Waals surface area contributed by atoms with Crippen LogP contribution in [0.4, 0.5) is 39.8 Å². The van der Waals surface area contributed by atoms with Crippen LogP contribution in [0.15, 0.2) is 325 Å². The first-order valence-corrected chi connectivity index (χ1v) is 31.2. The molecule has 0 N–H and O–H groups in total. The molecule has 2 aliphatic rings. The second-order valence-corrected chi connectivity index (χ2v) is 24.1. The summed E-state index contributed by atoms with van der Waals surface area (Å²) >= 11 is 0. The van der Waals surface area contributed by atoms with Crippen molar-refractivity contribution < 1.29 is 0 Å². The Balaban J connectivity index is 0.877. The summed E-state index contributed by atoms with van der Waals surface area (Å²) in [6.45, 7) is 4.72. The van der Waals surface area contributed by atoms with Crippen molar-refractivity contribution in [2.75, 3.05) is 16.8 Å². The first-order chi connectivity index (χ1) is 44.9. The Morgan fingerprint density at radius 3 is 1.46 bits per heavy atom. The lowest BCUT2D eigenvalue weighted by Gasteiger charge is -2.25. The Hall–Kier alpha value is -11.8. The lowest BCUT2D eigenvalue weighted by atomic mass is 9.82. The van der Waals surface area contributed by atoms with Gasteiger partial charge < -0.3 is 23.5 Å². The standard InChI is InChI=1S/C84H61N7/c1-84(2)74-39-20-16-35-65(74)69-54-82-72(53-75(69)84)68-38-18-22-41-78(68)90(82)61-34-24-25-56(49-61)86-55-83(91-79-42-23-19-37-67(79)71-51-63(45-48-81(71)91)88(59-30-12-6-13-31-59)60-32-14-7-15-33-60)73-52-64(43-46-76(73)85-3)89-77-40-21-17-36-66(77)70-50-62(44-47-80(70)89)87(57-26-8-4-9-27-57)58-28-10-5-11-29-58/h4-55H,1-3H3/b83-73+,85-76-,86-55+. The summed E-state index contributed by atoms with van der Waals surface area (Å²) in [5, 5.41) is 7.03. The Bertz CT molecular complexity index is 5480. The van der Waals surface area contributed by atoms with Crippen molar-refractivity contribution in [3.05, 3.63) is 326 Å². The van der Waals surface area contributed by atoms with Crippen molar-refractivity contribution in [3.63, 3.8) is 0 Å². The van der Waals surface area contributed by atoms with Gasteiger partial charge in [-0.15, -0.1) is 0 Å². The summed E-state index contributed by atoms with van der Waals surface area (Å²) in [6, 6.07) is 105. The molecule has 0 fully saturated rings. The molecular weight excluding hydrogens is 1110 g/mol. The van der Waals surface area contributed by atoms with Gasteiger partial charge in [0.15, 0.2) is 0 Å². The average molecular weight is 1170 g/mol. The molecule has 0 amide bonds. The number of rotatable bonds is 11. The van der Waals surface area contributed by atoms with Gasteiger partial charge in [-0.25, -0.2) is 0 Å². The predicted octanol–water partition coefficient (Wildman–Crippen LogP) is 22.0. The van der Waals surface area contributed by atoms with E-state index >= 15 is 0 Å². The molecule has 0 saturated carbocycles. The van der Waals surface area contributed by atoms with Crippen molar-refractivity contribution in [1.82, 2.24) is 13.7 Å². The number of aliphatic imine (C=N–C) groups is 2. The smallest absolute Gasteiger partial charge is 0.0739 e. The zero-order valence-electron chi connectivity index (χ0n) is 50.7. The van der Waals surface area contributed by atoms with Crippen LogP contribution in [0.25, 0.3) is 93.6 Å². The maximum absolute atomic E-state index is 5.60. The third kappa shape index (κ3) is 8.72. The number of allylic oxidation sites excluding steroid dienone is 6. The molecule has 0 saturated heterocycles. The Morgan fingerprint density at radius 1 is 0.374 bits per heavy atom. The molecule has 12 aromatic carbocycles. The van der Waals surface area contributed by atoms with Crippen molar-refractivity contribution >= 4 is 129 Å². The molecule has 0 radical (unpaired) electrons. The average Bonchev–Trinajstić information content (AvgIpc) is 1.57. The molecular formula is C84H61N7. The van der Waals surface area contributed by atoms with Gasteiger partial charge in [-0.1, -0.05) is 172 Å². The van der Waals surface area contributed by atoms with Gasteiger partial charge in [-0.05, 0) is 174 Å². The van der Waals surface area contributed by atoms with Crippen LogP contribution in [0, 0.1) is 0 Å². The first-order valence-electron chi connectivity index (χ1n) is 31.2. The highest BCUT2D eigenvalue weighted by atomic mass is 15.2. The molecule has 7 heteroatoms. The first kappa shape index (κ1) is 53.4. The number of anilines is 6. The van der Waals surface area contributed by atoms with Crippen molar-refractivity contribution in [3.8, 4) is 16.8 Å². The highest BCUT2D eigenvalue weighted by Crippen LogP contribution is 2.51. The summed E-state index contributed by atoms with van der Waals surface area (Å²) in [6.07, 6.45) is 8.77. The predicted molar refractivity (Wildman–Crippen MR) is 385 cm³/mol. The van der Waals surface area contributed by atoms with Crippen molar-refractivity contribution in [2.45, 2.75) is 19.3 Å². The van der Waals surface area contributed by atoms with E-state index in [0.29, 0.717) is 0 Å². The quantitative estimate of drug-likeness (QED) is 0.121. The van der Waals surface area contributed by atoms with E-state index in [1.807, 2.05) is 7.05 Å². The number of nitrogens with zero attached hydrogens (tertiary/aromatic N) is 7. The second-order valence-electron chi connectivity index (χ2n) is 24.1. The van der Waals surface area contributed by atoms with Gasteiger partial charge in [0, 0.05) is 95.9 Å². The van der Waals surface area contributed by atoms with Gasteiger partial charge in [-0.2, -0.15) is 0 Å². The normalized spacial score (nSPS) is 14.5. The van der Waals surface area contributed by atoms with Crippen LogP contribution in [-0.2, 0) is 5.41 Å². The minimum absolute atomic E-state index is 0.124. The van der Waals surface area contributed by atoms with Crippen molar-refractivity contribution in [1.29, 1.82) is 0 Å². The summed E-state index contributed by atoms with van der Waals surface area (Å²) in [5.41, 5.74) is 23.8. The molecule has 0 unspecified atom stereocenters. The van der Waals surface area contributed by atoms with Gasteiger partial charge in [-0.3, -0.25) is 9.98 Å². The van der Waals surface area contributed by atoms with E-state index < -0.39 is 0 Å². The highest BCUT2D eigenvalue weighted by Gasteiger charge is 2.36. The monoisotopic (exact) mass is 1170 g/mol. The van der Waals surface area contributed by atoms with Gasteiger partial charge in [0.05, 0.1) is 56.4 Å². The SMILES string of the molecule is C/N=C1/C=CC(n2c3ccccc3c3cc(N(c4ccccc4)c4ccccc4)ccc32)=C/C1=C(/C=N/c1cccc(-n2c3ccccc3c3cc4c(cc32)-c2ccccc2C4(C)C)c1)n1c2ccccc2c2cc(N(c3ccccc3)c3ccccc3)ccc21. The van der Waals surface area contributed by atoms with Gasteiger partial charge >= 0.3 is 0 Å². The maximum atomic E-state index is 5.60. The summed E-state index contributed by atoms with van der Waals surface area (Å²) in [5.74, 6) is 0. The van der Waals surface area contributed by atoms with Crippen LogP contribution < -0.4 is 9.80 Å². The van der Waals surface area contributed by atoms with E-state index in [4.69, 9.17) is 9.98 Å². The minimum Gasteiger partial charge on any atom is -0.310 e. The number of hydrogen-bond donors (Lipinski definition) is 0. The lowest BCUT2D eigenvalue weighted by molar-refractivity contribution is 0.661. The largest absolute Gasteiger partial charge is 0.310 e. The minimum atomic E-state index is -0.124. The molecule has 3 heterocycles. The van der Waals surface area contributed by atoms with E-state index in [1.165, 1.54) is 38.5 Å². The molecule has 91 heavy (non-hydrogen) atoms. The third-order valence-corrected chi connectivity index (χ3v) is 18.7.